The first kappa shape index (κ1) is 21.0. The van der Waals surface area contributed by atoms with Gasteiger partial charge >= 0.3 is 0 Å². The van der Waals surface area contributed by atoms with Crippen LogP contribution in [-0.4, -0.2) is 49.1 Å². The third-order valence-electron chi connectivity index (χ3n) is 7.12. The van der Waals surface area contributed by atoms with E-state index < -0.39 is 0 Å². The maximum Gasteiger partial charge on any atom is 0.227 e. The summed E-state index contributed by atoms with van der Waals surface area (Å²) in [5.74, 6) is 0.198. The predicted molar refractivity (Wildman–Crippen MR) is 140 cm³/mol. The molecule has 0 radical (unpaired) electrons. The third-order valence-corrected chi connectivity index (χ3v) is 7.12. The van der Waals surface area contributed by atoms with E-state index in [1.165, 1.54) is 24.9 Å². The smallest absolute Gasteiger partial charge is 0.227 e. The Labute approximate surface area is 207 Å². The first-order valence-electron chi connectivity index (χ1n) is 12.6. The van der Waals surface area contributed by atoms with Gasteiger partial charge in [-0.1, -0.05) is 0 Å². The van der Waals surface area contributed by atoms with Crippen LogP contribution in [0.3, 0.4) is 0 Å². The number of rotatable bonds is 5. The van der Waals surface area contributed by atoms with E-state index in [0.29, 0.717) is 5.69 Å². The second-order valence-corrected chi connectivity index (χ2v) is 9.71. The monoisotopic (exact) mass is 478 g/mol. The van der Waals surface area contributed by atoms with Gasteiger partial charge in [0.05, 0.1) is 28.8 Å². The predicted octanol–water partition coefficient (Wildman–Crippen LogP) is 4.90. The van der Waals surface area contributed by atoms with Crippen molar-refractivity contribution in [3.05, 3.63) is 48.9 Å². The van der Waals surface area contributed by atoms with Gasteiger partial charge in [0.15, 0.2) is 0 Å². The molecule has 0 spiro atoms. The number of carbonyl (C=O) groups excluding carboxylic acids is 1. The van der Waals surface area contributed by atoms with Crippen molar-refractivity contribution in [1.82, 2.24) is 30.1 Å². The molecular formula is C27H26N8O. The molecule has 6 heterocycles. The van der Waals surface area contributed by atoms with Crippen LogP contribution in [0.4, 0.5) is 11.4 Å². The number of pyridine rings is 3. The standard InChI is InChI=1S/C27H26N8O/c36-27(16-4-5-16)30-18-12-17(14-28-15-18)20-6-7-21-24(31-20)25(34-33-21)22-13-19-23(8-9-29-26(19)32-22)35-10-2-1-3-11-35/h6-9,12-16H,1-5,10-11H2,(H,29,32)(H,30,36)(H,33,34). The first-order chi connectivity index (χ1) is 17.7. The van der Waals surface area contributed by atoms with Gasteiger partial charge in [-0.2, -0.15) is 5.10 Å². The van der Waals surface area contributed by atoms with Gasteiger partial charge < -0.3 is 15.2 Å². The van der Waals surface area contributed by atoms with Crippen molar-refractivity contribution in [3.63, 3.8) is 0 Å². The van der Waals surface area contributed by atoms with Crippen LogP contribution < -0.4 is 10.2 Å². The van der Waals surface area contributed by atoms with E-state index in [-0.39, 0.29) is 11.8 Å². The van der Waals surface area contributed by atoms with Gasteiger partial charge in [-0.25, -0.2) is 9.97 Å². The molecule has 5 aromatic heterocycles. The van der Waals surface area contributed by atoms with Gasteiger partial charge in [0, 0.05) is 48.0 Å². The summed E-state index contributed by atoms with van der Waals surface area (Å²) in [5, 5.41) is 11.8. The molecule has 36 heavy (non-hydrogen) atoms. The zero-order chi connectivity index (χ0) is 24.1. The average molecular weight is 479 g/mol. The quantitative estimate of drug-likeness (QED) is 0.331. The number of H-pyrrole nitrogens is 2. The van der Waals surface area contributed by atoms with Crippen LogP contribution in [0.5, 0.6) is 0 Å². The summed E-state index contributed by atoms with van der Waals surface area (Å²) in [6, 6.07) is 10.1. The first-order valence-corrected chi connectivity index (χ1v) is 12.6. The number of piperidine rings is 1. The van der Waals surface area contributed by atoms with E-state index in [1.807, 2.05) is 24.4 Å². The van der Waals surface area contributed by atoms with Crippen LogP contribution in [0.1, 0.15) is 32.1 Å². The highest BCUT2D eigenvalue weighted by Crippen LogP contribution is 2.34. The fraction of sp³-hybridized carbons (Fsp3) is 0.296. The van der Waals surface area contributed by atoms with Crippen LogP contribution in [-0.2, 0) is 4.79 Å². The number of aromatic amines is 2. The second-order valence-electron chi connectivity index (χ2n) is 9.71. The summed E-state index contributed by atoms with van der Waals surface area (Å²) in [6.45, 7) is 2.15. The molecular weight excluding hydrogens is 452 g/mol. The van der Waals surface area contributed by atoms with Crippen LogP contribution in [0.25, 0.3) is 44.7 Å². The SMILES string of the molecule is O=C(Nc1cncc(-c2ccc3[nH]nc(-c4cc5c(N6CCCCC6)ccnc5[nH]4)c3n2)c1)C1CC1. The minimum absolute atomic E-state index is 0.0609. The van der Waals surface area contributed by atoms with Crippen molar-refractivity contribution in [2.75, 3.05) is 23.3 Å². The topological polar surface area (TPSA) is 115 Å². The van der Waals surface area contributed by atoms with Gasteiger partial charge in [-0.15, -0.1) is 0 Å². The largest absolute Gasteiger partial charge is 0.371 e. The Morgan fingerprint density at radius 1 is 1.06 bits per heavy atom. The summed E-state index contributed by atoms with van der Waals surface area (Å²) in [6.07, 6.45) is 11.0. The molecule has 2 fully saturated rings. The van der Waals surface area contributed by atoms with Gasteiger partial charge in [0.2, 0.25) is 5.91 Å². The normalized spacial score (nSPS) is 16.1. The molecule has 2 aliphatic rings. The fourth-order valence-electron chi connectivity index (χ4n) is 5.04. The molecule has 1 saturated carbocycles. The Bertz CT molecular complexity index is 1590. The molecule has 9 heteroatoms. The highest BCUT2D eigenvalue weighted by Gasteiger charge is 2.29. The number of aromatic nitrogens is 6. The highest BCUT2D eigenvalue weighted by atomic mass is 16.2. The summed E-state index contributed by atoms with van der Waals surface area (Å²) < 4.78 is 0. The maximum absolute atomic E-state index is 12.2. The number of hydrogen-bond donors (Lipinski definition) is 3. The fourth-order valence-corrected chi connectivity index (χ4v) is 5.04. The molecule has 0 unspecified atom stereocenters. The van der Waals surface area contributed by atoms with E-state index in [0.717, 1.165) is 70.6 Å². The van der Waals surface area contributed by atoms with Gasteiger partial charge in [-0.3, -0.25) is 14.9 Å². The zero-order valence-electron chi connectivity index (χ0n) is 19.8. The number of anilines is 2. The molecule has 1 aliphatic carbocycles. The van der Waals surface area contributed by atoms with E-state index in [4.69, 9.17) is 4.98 Å². The molecule has 180 valence electrons. The molecule has 0 bridgehead atoms. The van der Waals surface area contributed by atoms with Crippen molar-refractivity contribution in [2.24, 2.45) is 5.92 Å². The van der Waals surface area contributed by atoms with E-state index in [2.05, 4.69) is 47.5 Å². The number of fused-ring (bicyclic) bond motifs is 2. The van der Waals surface area contributed by atoms with Crippen molar-refractivity contribution in [3.8, 4) is 22.6 Å². The lowest BCUT2D eigenvalue weighted by molar-refractivity contribution is -0.117. The van der Waals surface area contributed by atoms with Crippen molar-refractivity contribution in [2.45, 2.75) is 32.1 Å². The van der Waals surface area contributed by atoms with Crippen LogP contribution in [0.2, 0.25) is 0 Å². The van der Waals surface area contributed by atoms with Crippen molar-refractivity contribution in [1.29, 1.82) is 0 Å². The number of carbonyl (C=O) groups is 1. The third kappa shape index (κ3) is 3.77. The lowest BCUT2D eigenvalue weighted by Crippen LogP contribution is -2.29. The maximum atomic E-state index is 12.2. The number of amides is 1. The van der Waals surface area contributed by atoms with Gasteiger partial charge in [-0.05, 0) is 62.4 Å². The molecule has 0 aromatic carbocycles. The van der Waals surface area contributed by atoms with E-state index >= 15 is 0 Å². The van der Waals surface area contributed by atoms with Crippen molar-refractivity contribution >= 4 is 39.3 Å². The Balaban J connectivity index is 1.25. The summed E-state index contributed by atoms with van der Waals surface area (Å²) >= 11 is 0. The Kier molecular flexibility index (Phi) is 4.93. The summed E-state index contributed by atoms with van der Waals surface area (Å²) in [4.78, 5) is 31.9. The average Bonchev–Trinajstić information content (AvgIpc) is 3.55. The minimum Gasteiger partial charge on any atom is -0.371 e. The van der Waals surface area contributed by atoms with Crippen LogP contribution in [0, 0.1) is 5.92 Å². The number of hydrogen-bond acceptors (Lipinski definition) is 6. The lowest BCUT2D eigenvalue weighted by Gasteiger charge is -2.29. The Morgan fingerprint density at radius 3 is 2.81 bits per heavy atom. The molecule has 1 aliphatic heterocycles. The molecule has 1 saturated heterocycles. The van der Waals surface area contributed by atoms with Crippen molar-refractivity contribution < 1.29 is 4.79 Å². The minimum atomic E-state index is 0.0609. The zero-order valence-corrected chi connectivity index (χ0v) is 19.8. The molecule has 3 N–H and O–H groups in total. The molecule has 5 aromatic rings. The Hall–Kier alpha value is -4.27. The number of nitrogens with one attached hydrogen (secondary N) is 3. The van der Waals surface area contributed by atoms with Gasteiger partial charge in [0.1, 0.15) is 16.9 Å². The summed E-state index contributed by atoms with van der Waals surface area (Å²) in [7, 11) is 0. The highest BCUT2D eigenvalue weighted by molar-refractivity contribution is 5.98. The number of nitrogens with zero attached hydrogens (tertiary/aromatic N) is 5. The van der Waals surface area contributed by atoms with Gasteiger partial charge in [0.25, 0.3) is 0 Å². The summed E-state index contributed by atoms with van der Waals surface area (Å²) in [5.41, 5.74) is 7.60. The second kappa shape index (κ2) is 8.44. The molecule has 1 amide bonds. The Morgan fingerprint density at radius 2 is 1.94 bits per heavy atom. The molecule has 9 nitrogen and oxygen atoms in total. The van der Waals surface area contributed by atoms with Crippen LogP contribution >= 0.6 is 0 Å². The van der Waals surface area contributed by atoms with E-state index in [1.54, 1.807) is 12.4 Å². The molecule has 7 rings (SSSR count). The van der Waals surface area contributed by atoms with E-state index in [9.17, 15) is 4.79 Å². The van der Waals surface area contributed by atoms with Crippen LogP contribution in [0.15, 0.2) is 48.9 Å². The molecule has 0 atom stereocenters. The lowest BCUT2D eigenvalue weighted by atomic mass is 10.1.